The molecule has 72 valence electrons. The van der Waals surface area contributed by atoms with Crippen LogP contribution in [-0.4, -0.2) is 42.1 Å². The minimum absolute atomic E-state index is 0.557. The van der Waals surface area contributed by atoms with Gasteiger partial charge in [0.25, 0.3) is 0 Å². The number of likely N-dealkylation sites (N-methyl/N-ethyl adjacent to an activating group) is 1. The van der Waals surface area contributed by atoms with Crippen LogP contribution in [0.4, 0.5) is 5.82 Å². The molecule has 0 aromatic carbocycles. The number of aromatic nitrogens is 2. The van der Waals surface area contributed by atoms with Gasteiger partial charge in [-0.1, -0.05) is 11.6 Å². The van der Waals surface area contributed by atoms with E-state index in [0.717, 1.165) is 13.1 Å². The molecule has 0 fully saturated rings. The zero-order valence-corrected chi connectivity index (χ0v) is 8.54. The van der Waals surface area contributed by atoms with Gasteiger partial charge in [0.15, 0.2) is 0 Å². The third kappa shape index (κ3) is 3.57. The number of hydrogen-bond donors (Lipinski definition) is 1. The van der Waals surface area contributed by atoms with Crippen molar-refractivity contribution < 1.29 is 0 Å². The smallest absolute Gasteiger partial charge is 0.148 e. The van der Waals surface area contributed by atoms with Gasteiger partial charge in [0.1, 0.15) is 17.2 Å². The zero-order chi connectivity index (χ0) is 9.68. The van der Waals surface area contributed by atoms with Crippen molar-refractivity contribution in [1.82, 2.24) is 14.9 Å². The molecule has 0 saturated carbocycles. The van der Waals surface area contributed by atoms with Gasteiger partial charge in [0, 0.05) is 13.1 Å². The van der Waals surface area contributed by atoms with E-state index in [1.54, 1.807) is 6.20 Å². The van der Waals surface area contributed by atoms with Crippen molar-refractivity contribution in [1.29, 1.82) is 0 Å². The van der Waals surface area contributed by atoms with E-state index in [0.29, 0.717) is 10.8 Å². The van der Waals surface area contributed by atoms with Crippen LogP contribution < -0.4 is 5.32 Å². The van der Waals surface area contributed by atoms with Crippen LogP contribution in [0.2, 0.25) is 5.02 Å². The molecule has 0 radical (unpaired) electrons. The van der Waals surface area contributed by atoms with E-state index in [2.05, 4.69) is 20.2 Å². The summed E-state index contributed by atoms with van der Waals surface area (Å²) in [6, 6.07) is 0. The summed E-state index contributed by atoms with van der Waals surface area (Å²) in [6.45, 7) is 1.77. The first-order chi connectivity index (χ1) is 6.20. The Bertz CT molecular complexity index is 264. The molecule has 0 atom stereocenters. The fourth-order valence-corrected chi connectivity index (χ4v) is 1.01. The molecule has 0 spiro atoms. The van der Waals surface area contributed by atoms with Crippen LogP contribution in [0.1, 0.15) is 0 Å². The van der Waals surface area contributed by atoms with E-state index in [-0.39, 0.29) is 0 Å². The maximum absolute atomic E-state index is 5.84. The number of anilines is 1. The Kier molecular flexibility index (Phi) is 3.92. The molecular formula is C8H13ClN4. The topological polar surface area (TPSA) is 41.0 Å². The van der Waals surface area contributed by atoms with Crippen LogP contribution in [0.5, 0.6) is 0 Å². The molecule has 1 aromatic heterocycles. The highest BCUT2D eigenvalue weighted by Gasteiger charge is 1.99. The van der Waals surface area contributed by atoms with Gasteiger partial charge in [-0.2, -0.15) is 0 Å². The van der Waals surface area contributed by atoms with Crippen molar-refractivity contribution in [3.05, 3.63) is 17.5 Å². The van der Waals surface area contributed by atoms with E-state index in [1.165, 1.54) is 6.33 Å². The first-order valence-corrected chi connectivity index (χ1v) is 4.42. The van der Waals surface area contributed by atoms with E-state index in [4.69, 9.17) is 11.6 Å². The van der Waals surface area contributed by atoms with Gasteiger partial charge in [-0.25, -0.2) is 9.97 Å². The molecule has 0 saturated heterocycles. The molecule has 13 heavy (non-hydrogen) atoms. The van der Waals surface area contributed by atoms with E-state index >= 15 is 0 Å². The molecule has 0 aliphatic heterocycles. The molecule has 0 aliphatic rings. The molecular weight excluding hydrogens is 188 g/mol. The van der Waals surface area contributed by atoms with Crippen molar-refractivity contribution in [2.24, 2.45) is 0 Å². The van der Waals surface area contributed by atoms with Gasteiger partial charge in [-0.15, -0.1) is 0 Å². The van der Waals surface area contributed by atoms with Crippen molar-refractivity contribution in [3.8, 4) is 0 Å². The highest BCUT2D eigenvalue weighted by molar-refractivity contribution is 6.32. The van der Waals surface area contributed by atoms with E-state index in [1.807, 2.05) is 14.1 Å². The summed E-state index contributed by atoms with van der Waals surface area (Å²) >= 11 is 5.84. The average Bonchev–Trinajstić information content (AvgIpc) is 2.08. The van der Waals surface area contributed by atoms with Crippen LogP contribution >= 0.6 is 11.6 Å². The minimum Gasteiger partial charge on any atom is -0.367 e. The standard InChI is InChI=1S/C8H13ClN4/c1-13(2)4-3-11-8-7(9)5-10-6-12-8/h5-6H,3-4H2,1-2H3,(H,10,11,12). The highest BCUT2D eigenvalue weighted by Crippen LogP contribution is 2.15. The lowest BCUT2D eigenvalue weighted by molar-refractivity contribution is 0.425. The van der Waals surface area contributed by atoms with Gasteiger partial charge in [-0.3, -0.25) is 0 Å². The second-order valence-corrected chi connectivity index (χ2v) is 3.36. The van der Waals surface area contributed by atoms with Crippen LogP contribution in [0.25, 0.3) is 0 Å². The van der Waals surface area contributed by atoms with E-state index < -0.39 is 0 Å². The third-order valence-corrected chi connectivity index (χ3v) is 1.80. The predicted molar refractivity (Wildman–Crippen MR) is 54.1 cm³/mol. The molecule has 0 unspecified atom stereocenters. The Hall–Kier alpha value is -0.870. The Morgan fingerprint density at radius 2 is 2.31 bits per heavy atom. The molecule has 1 N–H and O–H groups in total. The summed E-state index contributed by atoms with van der Waals surface area (Å²) in [5, 5.41) is 3.68. The summed E-state index contributed by atoms with van der Waals surface area (Å²) in [7, 11) is 4.03. The maximum atomic E-state index is 5.84. The largest absolute Gasteiger partial charge is 0.367 e. The van der Waals surface area contributed by atoms with Gasteiger partial charge in [-0.05, 0) is 14.1 Å². The number of nitrogens with one attached hydrogen (secondary N) is 1. The molecule has 0 bridgehead atoms. The average molecular weight is 201 g/mol. The lowest BCUT2D eigenvalue weighted by Crippen LogP contribution is -2.21. The van der Waals surface area contributed by atoms with Crippen LogP contribution in [0, 0.1) is 0 Å². The Balaban J connectivity index is 2.41. The fraction of sp³-hybridized carbons (Fsp3) is 0.500. The minimum atomic E-state index is 0.557. The van der Waals surface area contributed by atoms with Crippen molar-refractivity contribution in [3.63, 3.8) is 0 Å². The van der Waals surface area contributed by atoms with Crippen LogP contribution in [-0.2, 0) is 0 Å². The van der Waals surface area contributed by atoms with Gasteiger partial charge >= 0.3 is 0 Å². The second-order valence-electron chi connectivity index (χ2n) is 2.95. The maximum Gasteiger partial charge on any atom is 0.148 e. The number of nitrogens with zero attached hydrogens (tertiary/aromatic N) is 3. The molecule has 0 aliphatic carbocycles. The lowest BCUT2D eigenvalue weighted by Gasteiger charge is -2.10. The van der Waals surface area contributed by atoms with Crippen molar-refractivity contribution >= 4 is 17.4 Å². The Morgan fingerprint density at radius 3 is 2.92 bits per heavy atom. The third-order valence-electron chi connectivity index (χ3n) is 1.52. The van der Waals surface area contributed by atoms with Crippen molar-refractivity contribution in [2.75, 3.05) is 32.5 Å². The second kappa shape index (κ2) is 4.99. The number of rotatable bonds is 4. The van der Waals surface area contributed by atoms with Gasteiger partial charge < -0.3 is 10.2 Å². The molecule has 0 amide bonds. The lowest BCUT2D eigenvalue weighted by atomic mass is 10.5. The van der Waals surface area contributed by atoms with E-state index in [9.17, 15) is 0 Å². The van der Waals surface area contributed by atoms with Crippen LogP contribution in [0.15, 0.2) is 12.5 Å². The summed E-state index contributed by atoms with van der Waals surface area (Å²) in [5.74, 6) is 0.693. The van der Waals surface area contributed by atoms with Crippen molar-refractivity contribution in [2.45, 2.75) is 0 Å². The normalized spacial score (nSPS) is 10.5. The quantitative estimate of drug-likeness (QED) is 0.791. The SMILES string of the molecule is CN(C)CCNc1ncncc1Cl. The molecule has 1 rings (SSSR count). The highest BCUT2D eigenvalue weighted by atomic mass is 35.5. The summed E-state index contributed by atoms with van der Waals surface area (Å²) in [6.07, 6.45) is 3.05. The first-order valence-electron chi connectivity index (χ1n) is 4.04. The first kappa shape index (κ1) is 10.2. The predicted octanol–water partition coefficient (Wildman–Crippen LogP) is 1.10. The number of halogens is 1. The summed E-state index contributed by atoms with van der Waals surface area (Å²) in [4.78, 5) is 9.88. The van der Waals surface area contributed by atoms with Gasteiger partial charge in [0.2, 0.25) is 0 Å². The van der Waals surface area contributed by atoms with Crippen LogP contribution in [0.3, 0.4) is 0 Å². The monoisotopic (exact) mass is 200 g/mol. The number of hydrogen-bond acceptors (Lipinski definition) is 4. The molecule has 5 heteroatoms. The Labute approximate surface area is 82.9 Å². The molecule has 1 heterocycles. The zero-order valence-electron chi connectivity index (χ0n) is 7.79. The summed E-state index contributed by atoms with van der Waals surface area (Å²) in [5.41, 5.74) is 0. The molecule has 4 nitrogen and oxygen atoms in total. The molecule has 1 aromatic rings. The fourth-order valence-electron chi connectivity index (χ4n) is 0.841. The summed E-state index contributed by atoms with van der Waals surface area (Å²) < 4.78 is 0. The Morgan fingerprint density at radius 1 is 1.54 bits per heavy atom. The van der Waals surface area contributed by atoms with Gasteiger partial charge in [0.05, 0.1) is 6.20 Å².